The van der Waals surface area contributed by atoms with Crippen LogP contribution in [0.15, 0.2) is 18.2 Å². The highest BCUT2D eigenvalue weighted by molar-refractivity contribution is 7.91. The summed E-state index contributed by atoms with van der Waals surface area (Å²) in [4.78, 5) is 24.7. The summed E-state index contributed by atoms with van der Waals surface area (Å²) < 4.78 is 42.6. The van der Waals surface area contributed by atoms with E-state index in [1.165, 1.54) is 18.0 Å². The number of nitrogens with zero attached hydrogens (tertiary/aromatic N) is 1. The normalized spacial score (nSPS) is 32.2. The van der Waals surface area contributed by atoms with Crippen molar-refractivity contribution in [1.29, 1.82) is 0 Å². The lowest BCUT2D eigenvalue weighted by atomic mass is 10.1. The number of benzene rings is 1. The molecule has 134 valence electrons. The Hall–Kier alpha value is -2.16. The van der Waals surface area contributed by atoms with Crippen LogP contribution < -0.4 is 10.2 Å². The van der Waals surface area contributed by atoms with E-state index < -0.39 is 33.8 Å². The second kappa shape index (κ2) is 5.42. The largest absolute Gasteiger partial charge is 0.434 e. The summed E-state index contributed by atoms with van der Waals surface area (Å²) in [6.45, 7) is 0.0181. The van der Waals surface area contributed by atoms with E-state index in [2.05, 4.69) is 5.32 Å². The number of amides is 2. The van der Waals surface area contributed by atoms with Gasteiger partial charge in [0.1, 0.15) is 5.82 Å². The van der Waals surface area contributed by atoms with Crippen LogP contribution in [0.2, 0.25) is 0 Å². The first-order valence-electron chi connectivity index (χ1n) is 8.00. The maximum Gasteiger partial charge on any atom is 0.415 e. The summed E-state index contributed by atoms with van der Waals surface area (Å²) in [5, 5.41) is 2.41. The number of hydrogen-bond acceptors (Lipinski definition) is 5. The van der Waals surface area contributed by atoms with E-state index in [1.807, 2.05) is 0 Å². The van der Waals surface area contributed by atoms with E-state index in [1.54, 1.807) is 12.1 Å². The van der Waals surface area contributed by atoms with Crippen LogP contribution in [-0.2, 0) is 19.4 Å². The Morgan fingerprint density at radius 1 is 1.32 bits per heavy atom. The van der Waals surface area contributed by atoms with E-state index in [9.17, 15) is 22.4 Å². The van der Waals surface area contributed by atoms with Crippen LogP contribution in [0, 0.1) is 17.7 Å². The number of halogens is 1. The number of hydrogen-bond donors (Lipinski definition) is 1. The molecular weight excluding hydrogens is 351 g/mol. The molecule has 0 bridgehead atoms. The van der Waals surface area contributed by atoms with Gasteiger partial charge < -0.3 is 10.1 Å². The number of nitrogens with one attached hydrogen (secondary N) is 1. The van der Waals surface area contributed by atoms with Gasteiger partial charge in [-0.25, -0.2) is 17.6 Å². The van der Waals surface area contributed by atoms with Crippen molar-refractivity contribution in [2.75, 3.05) is 30.0 Å². The topological polar surface area (TPSA) is 92.8 Å². The number of carbonyl (C=O) groups is 2. The maximum atomic E-state index is 14.5. The van der Waals surface area contributed by atoms with Crippen LogP contribution in [-0.4, -0.2) is 51.6 Å². The molecule has 1 saturated carbocycles. The summed E-state index contributed by atoms with van der Waals surface area (Å²) >= 11 is 0. The summed E-state index contributed by atoms with van der Waals surface area (Å²) in [5.74, 6) is -0.711. The summed E-state index contributed by atoms with van der Waals surface area (Å²) in [5.41, 5.74) is 0.806. The molecule has 1 aromatic rings. The van der Waals surface area contributed by atoms with Crippen LogP contribution in [0.4, 0.5) is 14.9 Å². The predicted octanol–water partition coefficient (Wildman–Crippen LogP) is 0.655. The van der Waals surface area contributed by atoms with Crippen LogP contribution in [0.3, 0.4) is 0 Å². The molecule has 2 aliphatic heterocycles. The molecule has 9 heteroatoms. The van der Waals surface area contributed by atoms with Crippen molar-refractivity contribution in [3.63, 3.8) is 0 Å². The van der Waals surface area contributed by atoms with Gasteiger partial charge in [-0.05, 0) is 35.4 Å². The van der Waals surface area contributed by atoms with Gasteiger partial charge in [-0.3, -0.25) is 9.69 Å². The molecule has 1 aromatic carbocycles. The zero-order chi connectivity index (χ0) is 17.9. The molecule has 2 amide bonds. The van der Waals surface area contributed by atoms with Crippen molar-refractivity contribution in [2.24, 2.45) is 11.8 Å². The molecule has 1 aliphatic carbocycles. The first-order chi connectivity index (χ1) is 11.8. The Kier molecular flexibility index (Phi) is 3.54. The number of carbonyl (C=O) groups excluding carboxylic acids is 2. The van der Waals surface area contributed by atoms with Gasteiger partial charge >= 0.3 is 6.09 Å². The average molecular weight is 368 g/mol. The van der Waals surface area contributed by atoms with E-state index in [0.717, 1.165) is 0 Å². The highest BCUT2D eigenvalue weighted by atomic mass is 32.2. The van der Waals surface area contributed by atoms with Gasteiger partial charge in [0, 0.05) is 7.05 Å². The monoisotopic (exact) mass is 368 g/mol. The molecule has 7 nitrogen and oxygen atoms in total. The molecule has 2 heterocycles. The van der Waals surface area contributed by atoms with Crippen molar-refractivity contribution in [1.82, 2.24) is 5.32 Å². The number of sulfone groups is 1. The van der Waals surface area contributed by atoms with Gasteiger partial charge in [-0.15, -0.1) is 0 Å². The van der Waals surface area contributed by atoms with Gasteiger partial charge in [0.05, 0.1) is 23.7 Å². The van der Waals surface area contributed by atoms with Gasteiger partial charge in [-0.1, -0.05) is 6.07 Å². The minimum absolute atomic E-state index is 0.000248. The molecule has 1 N–H and O–H groups in total. The Bertz CT molecular complexity index is 853. The highest BCUT2D eigenvalue weighted by Crippen LogP contribution is 2.59. The first-order valence-corrected chi connectivity index (χ1v) is 9.82. The predicted molar refractivity (Wildman–Crippen MR) is 86.5 cm³/mol. The zero-order valence-corrected chi connectivity index (χ0v) is 14.3. The van der Waals surface area contributed by atoms with Crippen molar-refractivity contribution in [2.45, 2.75) is 12.0 Å². The quantitative estimate of drug-likeness (QED) is 0.846. The van der Waals surface area contributed by atoms with Crippen molar-refractivity contribution >= 4 is 27.5 Å². The van der Waals surface area contributed by atoms with Gasteiger partial charge in [-0.2, -0.15) is 0 Å². The van der Waals surface area contributed by atoms with Gasteiger partial charge in [0.25, 0.3) is 5.91 Å². The van der Waals surface area contributed by atoms with E-state index >= 15 is 0 Å². The number of ether oxygens (including phenoxy) is 1. The third kappa shape index (κ3) is 2.66. The van der Waals surface area contributed by atoms with Crippen LogP contribution in [0.25, 0.3) is 0 Å². The highest BCUT2D eigenvalue weighted by Gasteiger charge is 2.59. The maximum absolute atomic E-state index is 14.5. The number of rotatable bonds is 3. The molecule has 4 rings (SSSR count). The van der Waals surface area contributed by atoms with Gasteiger partial charge in [0.15, 0.2) is 15.9 Å². The third-order valence-corrected chi connectivity index (χ3v) is 7.02. The summed E-state index contributed by atoms with van der Waals surface area (Å²) in [6.07, 6.45) is -1.62. The van der Waals surface area contributed by atoms with Crippen LogP contribution in [0.5, 0.6) is 0 Å². The second-order valence-corrected chi connectivity index (χ2v) is 8.89. The second-order valence-electron chi connectivity index (χ2n) is 6.73. The van der Waals surface area contributed by atoms with E-state index in [-0.39, 0.29) is 35.8 Å². The third-order valence-electron chi connectivity index (χ3n) is 5.23. The number of cyclic esters (lactones) is 1. The fourth-order valence-corrected chi connectivity index (χ4v) is 6.16. The number of fused-ring (bicyclic) bond motifs is 1. The Labute approximate surface area is 144 Å². The van der Waals surface area contributed by atoms with Crippen LogP contribution in [0.1, 0.15) is 11.5 Å². The smallest absolute Gasteiger partial charge is 0.415 e. The fraction of sp³-hybridized carbons (Fsp3) is 0.500. The Morgan fingerprint density at radius 3 is 2.60 bits per heavy atom. The van der Waals surface area contributed by atoms with E-state index in [0.29, 0.717) is 11.3 Å². The lowest BCUT2D eigenvalue weighted by molar-refractivity contribution is -0.127. The molecule has 0 spiro atoms. The summed E-state index contributed by atoms with van der Waals surface area (Å²) in [7, 11) is -1.53. The molecule has 25 heavy (non-hydrogen) atoms. The standard InChI is InChI=1S/C16H17FN2O5S/c1-18-15(20)13-5-19(16(21)24-13)8-2-3-9(12(17)4-8)14-10-6-25(22,23)7-11(10)14/h2-4,10-11,13-14H,5-7H2,1H3,(H,18,20)/t10-,11+,13-,14?/m1/s1. The Balaban J connectivity index is 1.52. The molecule has 1 unspecified atom stereocenters. The fourth-order valence-electron chi connectivity index (χ4n) is 3.94. The molecular formula is C16H17FN2O5S. The zero-order valence-electron chi connectivity index (χ0n) is 13.4. The minimum Gasteiger partial charge on any atom is -0.434 e. The molecule has 2 saturated heterocycles. The molecule has 0 aromatic heterocycles. The van der Waals surface area contributed by atoms with Gasteiger partial charge in [0.2, 0.25) is 0 Å². The minimum atomic E-state index is -2.97. The average Bonchev–Trinajstić information content (AvgIpc) is 2.91. The lowest BCUT2D eigenvalue weighted by Crippen LogP contribution is -2.35. The molecule has 3 fully saturated rings. The SMILES string of the molecule is CNC(=O)[C@H]1CN(c2ccc(C3[C@H]4CS(=O)(=O)C[C@@H]34)c(F)c2)C(=O)O1. The number of anilines is 1. The molecule has 3 aliphatic rings. The van der Waals surface area contributed by atoms with Crippen LogP contribution >= 0.6 is 0 Å². The molecule has 0 radical (unpaired) electrons. The van der Waals surface area contributed by atoms with E-state index in [4.69, 9.17) is 4.74 Å². The summed E-state index contributed by atoms with van der Waals surface area (Å²) in [6, 6.07) is 4.45. The Morgan fingerprint density at radius 2 is 2.00 bits per heavy atom. The molecule has 4 atom stereocenters. The van der Waals surface area contributed by atoms with Crippen molar-refractivity contribution in [3.05, 3.63) is 29.6 Å². The van der Waals surface area contributed by atoms with Crippen molar-refractivity contribution < 1.29 is 27.1 Å². The first kappa shape index (κ1) is 16.3. The lowest BCUT2D eigenvalue weighted by Gasteiger charge is -2.14. The number of likely N-dealkylation sites (N-methyl/N-ethyl adjacent to an activating group) is 1. The van der Waals surface area contributed by atoms with Crippen molar-refractivity contribution in [3.8, 4) is 0 Å².